The summed E-state index contributed by atoms with van der Waals surface area (Å²) in [4.78, 5) is 52.1. The van der Waals surface area contributed by atoms with Gasteiger partial charge in [-0.3, -0.25) is 19.8 Å². The first-order chi connectivity index (χ1) is 13.9. The van der Waals surface area contributed by atoms with E-state index in [4.69, 9.17) is 0 Å². The molecule has 154 valence electrons. The molecule has 1 aromatic rings. The number of anilines is 1. The molecule has 3 aliphatic rings. The number of carbonyl (C=O) groups is 4. The van der Waals surface area contributed by atoms with Crippen LogP contribution in [0.2, 0.25) is 0 Å². The van der Waals surface area contributed by atoms with Gasteiger partial charge in [0.05, 0.1) is 5.92 Å². The van der Waals surface area contributed by atoms with Crippen LogP contribution in [0, 0.1) is 5.92 Å². The fraction of sp³-hybridized carbons (Fsp3) is 0.524. The second kappa shape index (κ2) is 7.50. The van der Waals surface area contributed by atoms with E-state index >= 15 is 0 Å². The molecule has 5 amide bonds. The Bertz CT molecular complexity index is 862. The van der Waals surface area contributed by atoms with E-state index in [2.05, 4.69) is 10.7 Å². The summed E-state index contributed by atoms with van der Waals surface area (Å²) < 4.78 is 0. The topological polar surface area (TPSA) is 98.8 Å². The number of hydrogen-bond acceptors (Lipinski definition) is 4. The quantitative estimate of drug-likeness (QED) is 0.757. The van der Waals surface area contributed by atoms with Gasteiger partial charge < -0.3 is 10.2 Å². The van der Waals surface area contributed by atoms with Crippen molar-refractivity contribution in [2.45, 2.75) is 57.4 Å². The number of aryl methyl sites for hydroxylation is 1. The van der Waals surface area contributed by atoms with Crippen LogP contribution in [0.3, 0.4) is 0 Å². The molecule has 1 spiro atoms. The van der Waals surface area contributed by atoms with Gasteiger partial charge in [0.15, 0.2) is 0 Å². The van der Waals surface area contributed by atoms with E-state index in [0.717, 1.165) is 41.9 Å². The third-order valence-electron chi connectivity index (χ3n) is 6.25. The Labute approximate surface area is 169 Å². The summed E-state index contributed by atoms with van der Waals surface area (Å²) in [7, 11) is 0. The minimum Gasteiger partial charge on any atom is -0.322 e. The Balaban J connectivity index is 1.45. The lowest BCUT2D eigenvalue weighted by Crippen LogP contribution is -2.52. The Morgan fingerprint density at radius 2 is 1.90 bits per heavy atom. The molecule has 2 N–H and O–H groups in total. The van der Waals surface area contributed by atoms with Crippen LogP contribution in [-0.4, -0.2) is 40.8 Å². The first kappa shape index (κ1) is 19.4. The highest BCUT2D eigenvalue weighted by Gasteiger charge is 2.52. The lowest BCUT2D eigenvalue weighted by Gasteiger charge is -2.30. The number of nitrogens with zero attached hydrogens (tertiary/aromatic N) is 2. The third kappa shape index (κ3) is 3.36. The van der Waals surface area contributed by atoms with Crippen molar-refractivity contribution >= 4 is 29.4 Å². The van der Waals surface area contributed by atoms with Crippen molar-refractivity contribution in [1.82, 2.24) is 15.8 Å². The maximum Gasteiger partial charge on any atom is 0.344 e. The fourth-order valence-corrected chi connectivity index (χ4v) is 4.61. The zero-order valence-electron chi connectivity index (χ0n) is 16.6. The minimum atomic E-state index is -0.889. The van der Waals surface area contributed by atoms with Gasteiger partial charge in [-0.25, -0.2) is 4.79 Å². The Morgan fingerprint density at radius 1 is 1.17 bits per heavy atom. The minimum absolute atomic E-state index is 0.0542. The Kier molecular flexibility index (Phi) is 5.02. The Hall–Kier alpha value is -2.90. The molecule has 2 heterocycles. The SMILES string of the molecule is CCc1ccccc1N1C[C@@H](C(=O)NN2C(=O)NC3(CCCCC3)C2=O)CC1=O. The van der Waals surface area contributed by atoms with E-state index in [1.54, 1.807) is 4.90 Å². The van der Waals surface area contributed by atoms with Crippen molar-refractivity contribution in [3.05, 3.63) is 29.8 Å². The summed E-state index contributed by atoms with van der Waals surface area (Å²) in [5.41, 5.74) is 3.43. The average molecular weight is 398 g/mol. The molecule has 0 radical (unpaired) electrons. The molecule has 1 aromatic carbocycles. The lowest BCUT2D eigenvalue weighted by atomic mass is 9.82. The van der Waals surface area contributed by atoms with Crippen LogP contribution in [0.5, 0.6) is 0 Å². The summed E-state index contributed by atoms with van der Waals surface area (Å²) in [6.07, 6.45) is 4.80. The number of amides is 5. The Morgan fingerprint density at radius 3 is 2.62 bits per heavy atom. The molecule has 0 aromatic heterocycles. The summed E-state index contributed by atoms with van der Waals surface area (Å²) in [5.74, 6) is -1.62. The molecular formula is C21H26N4O4. The standard InChI is InChI=1S/C21H26N4O4/c1-2-14-8-4-5-9-16(14)24-13-15(12-17(24)26)18(27)23-25-19(28)21(22-20(25)29)10-6-3-7-11-21/h4-5,8-9,15H,2-3,6-7,10-13H2,1H3,(H,22,29)(H,23,27)/t15-/m0/s1. The molecule has 2 aliphatic heterocycles. The maximum atomic E-state index is 12.8. The normalized spacial score (nSPS) is 23.6. The highest BCUT2D eigenvalue weighted by molar-refractivity contribution is 6.08. The van der Waals surface area contributed by atoms with Gasteiger partial charge >= 0.3 is 6.03 Å². The van der Waals surface area contributed by atoms with E-state index < -0.39 is 29.3 Å². The summed E-state index contributed by atoms with van der Waals surface area (Å²) in [5, 5.41) is 3.58. The summed E-state index contributed by atoms with van der Waals surface area (Å²) in [6.45, 7) is 2.25. The van der Waals surface area contributed by atoms with Crippen LogP contribution < -0.4 is 15.6 Å². The zero-order valence-corrected chi connectivity index (χ0v) is 16.6. The van der Waals surface area contributed by atoms with Crippen molar-refractivity contribution in [1.29, 1.82) is 0 Å². The summed E-state index contributed by atoms with van der Waals surface area (Å²) in [6, 6.07) is 7.04. The predicted octanol–water partition coefficient (Wildman–Crippen LogP) is 1.89. The van der Waals surface area contributed by atoms with Gasteiger partial charge in [0.2, 0.25) is 11.8 Å². The van der Waals surface area contributed by atoms with E-state index in [1.807, 2.05) is 31.2 Å². The number of benzene rings is 1. The second-order valence-corrected chi connectivity index (χ2v) is 8.08. The molecule has 29 heavy (non-hydrogen) atoms. The van der Waals surface area contributed by atoms with Crippen molar-refractivity contribution in [3.8, 4) is 0 Å². The van der Waals surface area contributed by atoms with Crippen LogP contribution in [0.15, 0.2) is 24.3 Å². The number of rotatable bonds is 4. The molecule has 1 saturated carbocycles. The lowest BCUT2D eigenvalue weighted by molar-refractivity contribution is -0.141. The largest absolute Gasteiger partial charge is 0.344 e. The van der Waals surface area contributed by atoms with Crippen LogP contribution >= 0.6 is 0 Å². The first-order valence-corrected chi connectivity index (χ1v) is 10.3. The number of hydrogen-bond donors (Lipinski definition) is 2. The number of imide groups is 1. The highest BCUT2D eigenvalue weighted by atomic mass is 16.2. The van der Waals surface area contributed by atoms with Crippen LogP contribution in [0.4, 0.5) is 10.5 Å². The van der Waals surface area contributed by atoms with Crippen molar-refractivity contribution in [2.75, 3.05) is 11.4 Å². The van der Waals surface area contributed by atoms with Gasteiger partial charge in [-0.2, -0.15) is 5.01 Å². The van der Waals surface area contributed by atoms with Crippen molar-refractivity contribution in [2.24, 2.45) is 5.92 Å². The molecule has 2 saturated heterocycles. The average Bonchev–Trinajstić information content (AvgIpc) is 3.22. The molecule has 8 nitrogen and oxygen atoms in total. The fourth-order valence-electron chi connectivity index (χ4n) is 4.61. The second-order valence-electron chi connectivity index (χ2n) is 8.08. The van der Waals surface area contributed by atoms with Gasteiger partial charge in [-0.05, 0) is 30.9 Å². The van der Waals surface area contributed by atoms with Crippen molar-refractivity contribution < 1.29 is 19.2 Å². The van der Waals surface area contributed by atoms with Crippen molar-refractivity contribution in [3.63, 3.8) is 0 Å². The van der Waals surface area contributed by atoms with E-state index in [9.17, 15) is 19.2 Å². The molecule has 0 bridgehead atoms. The molecule has 0 unspecified atom stereocenters. The molecule has 4 rings (SSSR count). The van der Waals surface area contributed by atoms with Gasteiger partial charge in [0.25, 0.3) is 5.91 Å². The molecule has 3 fully saturated rings. The van der Waals surface area contributed by atoms with Crippen LogP contribution in [0.25, 0.3) is 0 Å². The number of hydrazine groups is 1. The van der Waals surface area contributed by atoms with Gasteiger partial charge in [-0.15, -0.1) is 0 Å². The van der Waals surface area contributed by atoms with Gasteiger partial charge in [0.1, 0.15) is 5.54 Å². The third-order valence-corrected chi connectivity index (χ3v) is 6.25. The molecule has 8 heteroatoms. The highest BCUT2D eigenvalue weighted by Crippen LogP contribution is 2.33. The summed E-state index contributed by atoms with van der Waals surface area (Å²) >= 11 is 0. The molecule has 1 aliphatic carbocycles. The number of urea groups is 1. The monoisotopic (exact) mass is 398 g/mol. The molecule has 1 atom stereocenters. The van der Waals surface area contributed by atoms with E-state index in [0.29, 0.717) is 12.8 Å². The zero-order chi connectivity index (χ0) is 20.6. The number of carbonyl (C=O) groups excluding carboxylic acids is 4. The van der Waals surface area contributed by atoms with Crippen LogP contribution in [0.1, 0.15) is 51.0 Å². The number of para-hydroxylation sites is 1. The maximum absolute atomic E-state index is 12.8. The van der Waals surface area contributed by atoms with Gasteiger partial charge in [0, 0.05) is 18.7 Å². The predicted molar refractivity (Wildman–Crippen MR) is 106 cm³/mol. The van der Waals surface area contributed by atoms with E-state index in [1.165, 1.54) is 0 Å². The molecular weight excluding hydrogens is 372 g/mol. The van der Waals surface area contributed by atoms with E-state index in [-0.39, 0.29) is 18.9 Å². The first-order valence-electron chi connectivity index (χ1n) is 10.3. The number of nitrogens with one attached hydrogen (secondary N) is 2. The van der Waals surface area contributed by atoms with Crippen LogP contribution in [-0.2, 0) is 20.8 Å². The van der Waals surface area contributed by atoms with Gasteiger partial charge in [-0.1, -0.05) is 44.4 Å². The smallest absolute Gasteiger partial charge is 0.322 e.